The molecule has 1 aromatic carbocycles. The number of hydrogen-bond acceptors (Lipinski definition) is 7. The molecular weight excluding hydrogens is 294 g/mol. The number of phenolic OH excluding ortho intramolecular Hbond substituents is 1. The van der Waals surface area contributed by atoms with E-state index in [0.717, 1.165) is 26.4 Å². The largest absolute Gasteiger partial charge is 0.508 e. The van der Waals surface area contributed by atoms with Gasteiger partial charge in [-0.15, -0.1) is 0 Å². The van der Waals surface area contributed by atoms with Gasteiger partial charge in [0, 0.05) is 0 Å². The van der Waals surface area contributed by atoms with E-state index in [9.17, 15) is 19.5 Å². The molecule has 0 spiro atoms. The van der Waals surface area contributed by atoms with Crippen LogP contribution in [-0.2, 0) is 19.1 Å². The molecule has 0 radical (unpaired) electrons. The number of carbonyl (C=O) groups is 3. The molecule has 0 saturated heterocycles. The van der Waals surface area contributed by atoms with Gasteiger partial charge in [0.1, 0.15) is 11.4 Å². The second-order valence-corrected chi connectivity index (χ2v) is 4.19. The fourth-order valence-electron chi connectivity index (χ4n) is 1.55. The number of hydrogen-bond donors (Lipinski definition) is 3. The molecule has 22 heavy (non-hydrogen) atoms. The Balaban J connectivity index is 3.32. The molecule has 0 unspecified atom stereocenters. The Kier molecular flexibility index (Phi) is 5.50. The number of ether oxygens (including phenoxy) is 2. The number of carboxylic acid groups (broad SMARTS) is 1. The van der Waals surface area contributed by atoms with Crippen molar-refractivity contribution >= 4 is 23.6 Å². The van der Waals surface area contributed by atoms with Crippen LogP contribution in [0.15, 0.2) is 23.9 Å². The zero-order valence-electron chi connectivity index (χ0n) is 12.2. The molecule has 0 atom stereocenters. The Labute approximate surface area is 126 Å². The molecule has 0 saturated carbocycles. The van der Waals surface area contributed by atoms with E-state index in [4.69, 9.17) is 5.11 Å². The van der Waals surface area contributed by atoms with Crippen molar-refractivity contribution in [3.8, 4) is 5.75 Å². The Morgan fingerprint density at radius 3 is 2.32 bits per heavy atom. The number of nitrogens with one attached hydrogen (secondary N) is 1. The predicted molar refractivity (Wildman–Crippen MR) is 75.5 cm³/mol. The summed E-state index contributed by atoms with van der Waals surface area (Å²) in [6.07, 6.45) is 0.833. The molecule has 0 aliphatic carbocycles. The molecular formula is C14H15NO7. The van der Waals surface area contributed by atoms with Crippen LogP contribution in [0.4, 0.5) is 5.69 Å². The average Bonchev–Trinajstić information content (AvgIpc) is 2.48. The zero-order chi connectivity index (χ0) is 16.9. The Morgan fingerprint density at radius 1 is 1.18 bits per heavy atom. The van der Waals surface area contributed by atoms with Gasteiger partial charge in [0.15, 0.2) is 0 Å². The first kappa shape index (κ1) is 17.0. The molecule has 0 amide bonds. The number of carboxylic acids is 1. The minimum atomic E-state index is -1.32. The highest BCUT2D eigenvalue weighted by atomic mass is 16.5. The van der Waals surface area contributed by atoms with Crippen LogP contribution in [-0.4, -0.2) is 42.3 Å². The number of phenols is 1. The van der Waals surface area contributed by atoms with Gasteiger partial charge < -0.3 is 25.0 Å². The maximum Gasteiger partial charge on any atom is 0.354 e. The van der Waals surface area contributed by atoms with Crippen LogP contribution in [0.1, 0.15) is 15.9 Å². The topological polar surface area (TPSA) is 122 Å². The highest BCUT2D eigenvalue weighted by Gasteiger charge is 2.18. The minimum absolute atomic E-state index is 0.0170. The van der Waals surface area contributed by atoms with E-state index >= 15 is 0 Å². The fraction of sp³-hybridized carbons (Fsp3) is 0.214. The van der Waals surface area contributed by atoms with Crippen LogP contribution in [0, 0.1) is 6.92 Å². The molecule has 118 valence electrons. The molecule has 0 heterocycles. The van der Waals surface area contributed by atoms with Gasteiger partial charge in [-0.25, -0.2) is 14.4 Å². The lowest BCUT2D eigenvalue weighted by Crippen LogP contribution is -2.17. The van der Waals surface area contributed by atoms with Crippen LogP contribution < -0.4 is 5.32 Å². The summed E-state index contributed by atoms with van der Waals surface area (Å²) in [6.45, 7) is 1.55. The third kappa shape index (κ3) is 3.98. The maximum absolute atomic E-state index is 11.6. The molecule has 1 rings (SSSR count). The van der Waals surface area contributed by atoms with Gasteiger partial charge >= 0.3 is 17.9 Å². The molecule has 0 bridgehead atoms. The lowest BCUT2D eigenvalue weighted by Gasteiger charge is -2.13. The molecule has 0 aliphatic heterocycles. The summed E-state index contributed by atoms with van der Waals surface area (Å²) in [6, 6.07) is 2.36. The highest BCUT2D eigenvalue weighted by molar-refractivity contribution is 6.01. The lowest BCUT2D eigenvalue weighted by atomic mass is 10.1. The monoisotopic (exact) mass is 309 g/mol. The first-order valence-corrected chi connectivity index (χ1v) is 6.02. The molecule has 1 aromatic rings. The van der Waals surface area contributed by atoms with Crippen molar-refractivity contribution in [3.05, 3.63) is 35.0 Å². The summed E-state index contributed by atoms with van der Waals surface area (Å²) in [5.41, 5.74) is -0.178. The number of aromatic hydroxyl groups is 1. The first-order valence-electron chi connectivity index (χ1n) is 6.02. The zero-order valence-corrected chi connectivity index (χ0v) is 12.2. The Bertz CT molecular complexity index is 649. The molecule has 0 aromatic heterocycles. The van der Waals surface area contributed by atoms with Crippen molar-refractivity contribution in [1.82, 2.24) is 0 Å². The van der Waals surface area contributed by atoms with Crippen molar-refractivity contribution in [1.29, 1.82) is 0 Å². The van der Waals surface area contributed by atoms with Gasteiger partial charge in [-0.3, -0.25) is 0 Å². The van der Waals surface area contributed by atoms with E-state index in [-0.39, 0.29) is 22.7 Å². The smallest absolute Gasteiger partial charge is 0.354 e. The minimum Gasteiger partial charge on any atom is -0.508 e. The summed E-state index contributed by atoms with van der Waals surface area (Å²) in [5.74, 6) is -3.23. The van der Waals surface area contributed by atoms with E-state index in [2.05, 4.69) is 14.8 Å². The molecule has 8 heteroatoms. The number of benzene rings is 1. The third-order valence-corrected chi connectivity index (χ3v) is 2.70. The Hall–Kier alpha value is -3.03. The van der Waals surface area contributed by atoms with Crippen LogP contribution in [0.5, 0.6) is 5.75 Å². The number of aromatic carboxylic acids is 1. The highest BCUT2D eigenvalue weighted by Crippen LogP contribution is 2.27. The van der Waals surface area contributed by atoms with Crippen molar-refractivity contribution in [2.24, 2.45) is 0 Å². The maximum atomic E-state index is 11.6. The SMILES string of the molecule is COC(=O)/C=C(/Nc1cc(C)c(O)cc1C(=O)O)C(=O)OC. The normalized spacial score (nSPS) is 10.8. The number of methoxy groups -OCH3 is 2. The molecule has 8 nitrogen and oxygen atoms in total. The van der Waals surface area contributed by atoms with Gasteiger partial charge in [-0.2, -0.15) is 0 Å². The molecule has 0 aliphatic rings. The standard InChI is InChI=1S/C14H15NO7/c1-7-4-9(8(13(18)19)5-11(7)16)15-10(14(20)22-3)6-12(17)21-2/h4-6,15-16H,1-3H3,(H,18,19)/b10-6+. The van der Waals surface area contributed by atoms with Crippen molar-refractivity contribution in [2.75, 3.05) is 19.5 Å². The third-order valence-electron chi connectivity index (χ3n) is 2.70. The van der Waals surface area contributed by atoms with Gasteiger partial charge in [-0.1, -0.05) is 0 Å². The number of anilines is 1. The summed E-state index contributed by atoms with van der Waals surface area (Å²) in [7, 11) is 2.23. The average molecular weight is 309 g/mol. The van der Waals surface area contributed by atoms with Gasteiger partial charge in [0.2, 0.25) is 0 Å². The lowest BCUT2D eigenvalue weighted by molar-refractivity contribution is -0.138. The quantitative estimate of drug-likeness (QED) is 0.419. The fourth-order valence-corrected chi connectivity index (χ4v) is 1.55. The summed E-state index contributed by atoms with van der Waals surface area (Å²) in [5, 5.41) is 21.2. The summed E-state index contributed by atoms with van der Waals surface area (Å²) < 4.78 is 8.92. The Morgan fingerprint density at radius 2 is 1.82 bits per heavy atom. The van der Waals surface area contributed by atoms with E-state index < -0.39 is 17.9 Å². The van der Waals surface area contributed by atoms with Gasteiger partial charge in [-0.05, 0) is 24.6 Å². The molecule has 3 N–H and O–H groups in total. The van der Waals surface area contributed by atoms with Crippen LogP contribution in [0.2, 0.25) is 0 Å². The second kappa shape index (κ2) is 7.11. The van der Waals surface area contributed by atoms with Gasteiger partial charge in [0.05, 0.1) is 31.5 Å². The number of carbonyl (C=O) groups excluding carboxylic acids is 2. The number of aryl methyl sites for hydroxylation is 1. The predicted octanol–water partition coefficient (Wildman–Crippen LogP) is 1.04. The number of esters is 2. The number of rotatable bonds is 5. The van der Waals surface area contributed by atoms with E-state index in [1.165, 1.54) is 6.07 Å². The van der Waals surface area contributed by atoms with Crippen LogP contribution in [0.25, 0.3) is 0 Å². The summed E-state index contributed by atoms with van der Waals surface area (Å²) in [4.78, 5) is 34.1. The van der Waals surface area contributed by atoms with Crippen molar-refractivity contribution in [2.45, 2.75) is 6.92 Å². The second-order valence-electron chi connectivity index (χ2n) is 4.19. The van der Waals surface area contributed by atoms with E-state index in [1.54, 1.807) is 6.92 Å². The van der Waals surface area contributed by atoms with Crippen molar-refractivity contribution in [3.63, 3.8) is 0 Å². The van der Waals surface area contributed by atoms with Crippen molar-refractivity contribution < 1.29 is 34.1 Å². The summed E-state index contributed by atoms with van der Waals surface area (Å²) >= 11 is 0. The molecule has 0 fully saturated rings. The van der Waals surface area contributed by atoms with E-state index in [0.29, 0.717) is 5.56 Å². The van der Waals surface area contributed by atoms with Crippen LogP contribution >= 0.6 is 0 Å². The van der Waals surface area contributed by atoms with E-state index in [1.807, 2.05) is 0 Å². The first-order chi connectivity index (χ1) is 10.3. The van der Waals surface area contributed by atoms with Gasteiger partial charge in [0.25, 0.3) is 0 Å². The van der Waals surface area contributed by atoms with Crippen LogP contribution in [0.3, 0.4) is 0 Å².